The SMILES string of the molecule is Cc1cc2c(c(O)c1C)[C@H]1C3[C@@H]4SCC(C)C(=O)OC[C@H](c5c6c(c(C)c(O)c54)OCO6)N3[C@@H](C#N)[C@H](C2)N1C.[Ac]. The van der Waals surface area contributed by atoms with Gasteiger partial charge in [-0.2, -0.15) is 17.0 Å². The van der Waals surface area contributed by atoms with Crippen molar-refractivity contribution in [2.75, 3.05) is 26.2 Å². The van der Waals surface area contributed by atoms with Crippen LogP contribution in [-0.4, -0.2) is 70.3 Å². The summed E-state index contributed by atoms with van der Waals surface area (Å²) in [5.41, 5.74) is 5.93. The van der Waals surface area contributed by atoms with E-state index in [1.165, 1.54) is 0 Å². The molecule has 5 aliphatic heterocycles. The van der Waals surface area contributed by atoms with E-state index in [0.717, 1.165) is 33.4 Å². The minimum Gasteiger partial charge on any atom is -0.507 e. The zero-order valence-corrected chi connectivity index (χ0v) is 29.4. The number of rotatable bonds is 0. The Morgan fingerprint density at radius 3 is 2.49 bits per heavy atom. The van der Waals surface area contributed by atoms with Crippen molar-refractivity contribution in [3.05, 3.63) is 45.0 Å². The molecule has 0 saturated carbocycles. The smallest absolute Gasteiger partial charge is 0.309 e. The maximum Gasteiger partial charge on any atom is 0.309 e. The number of aromatic hydroxyl groups is 2. The predicted octanol–water partition coefficient (Wildman–Crippen LogP) is 3.95. The van der Waals surface area contributed by atoms with Gasteiger partial charge in [-0.1, -0.05) is 13.0 Å². The van der Waals surface area contributed by atoms with Gasteiger partial charge in [-0.05, 0) is 50.9 Å². The van der Waals surface area contributed by atoms with E-state index in [0.29, 0.717) is 35.0 Å². The number of carbonyl (C=O) groups excluding carboxylic acids is 1. The molecule has 0 aliphatic carbocycles. The number of ether oxygens (including phenoxy) is 3. The second kappa shape index (κ2) is 10.5. The summed E-state index contributed by atoms with van der Waals surface area (Å²) in [5, 5.41) is 33.8. The van der Waals surface area contributed by atoms with Crippen LogP contribution in [0.5, 0.6) is 23.0 Å². The number of cyclic esters (lactones) is 1. The molecule has 7 atom stereocenters. The van der Waals surface area contributed by atoms with Crippen LogP contribution in [0.15, 0.2) is 6.07 Å². The fourth-order valence-electron chi connectivity index (χ4n) is 7.66. The molecule has 2 aromatic carbocycles. The Balaban J connectivity index is 0.00000302. The number of piperazine rings is 1. The van der Waals surface area contributed by atoms with Crippen molar-refractivity contribution in [1.29, 1.82) is 5.26 Å². The van der Waals surface area contributed by atoms with Crippen LogP contribution < -0.4 is 9.47 Å². The van der Waals surface area contributed by atoms with Gasteiger partial charge in [-0.25, -0.2) is 0 Å². The van der Waals surface area contributed by atoms with Crippen LogP contribution in [0, 0.1) is 82.1 Å². The Labute approximate surface area is 279 Å². The van der Waals surface area contributed by atoms with Gasteiger partial charge in [0.05, 0.1) is 29.3 Å². The van der Waals surface area contributed by atoms with Crippen molar-refractivity contribution < 1.29 is 73.3 Å². The Kier molecular flexibility index (Phi) is 7.52. The maximum absolute atomic E-state index is 12.9. The van der Waals surface area contributed by atoms with Crippen LogP contribution in [-0.2, 0) is 16.0 Å². The first-order valence-electron chi connectivity index (χ1n) is 13.8. The molecular weight excluding hydrogens is 757 g/mol. The molecule has 4 bridgehead atoms. The van der Waals surface area contributed by atoms with Crippen LogP contribution in [0.25, 0.3) is 0 Å². The van der Waals surface area contributed by atoms with E-state index in [4.69, 9.17) is 14.2 Å². The van der Waals surface area contributed by atoms with E-state index < -0.39 is 12.1 Å². The number of likely N-dealkylation sites (N-methyl/N-ethyl adjacent to an activating group) is 1. The van der Waals surface area contributed by atoms with Crippen molar-refractivity contribution in [3.63, 3.8) is 0 Å². The number of thioether (sulfide) groups is 1. The third-order valence-electron chi connectivity index (χ3n) is 9.81. The molecule has 2 N–H and O–H groups in total. The Bertz CT molecular complexity index is 1510. The van der Waals surface area contributed by atoms with Crippen LogP contribution in [0.4, 0.5) is 0 Å². The summed E-state index contributed by atoms with van der Waals surface area (Å²) in [4.78, 5) is 17.4. The summed E-state index contributed by atoms with van der Waals surface area (Å²) in [6, 6.07) is 3.02. The van der Waals surface area contributed by atoms with E-state index >= 15 is 0 Å². The van der Waals surface area contributed by atoms with Crippen LogP contribution in [0.1, 0.15) is 63.2 Å². The molecule has 213 valence electrons. The van der Waals surface area contributed by atoms with Gasteiger partial charge in [0, 0.05) is 84.2 Å². The number of hydrogen-bond acceptors (Lipinski definition) is 10. The van der Waals surface area contributed by atoms with Crippen molar-refractivity contribution in [1.82, 2.24) is 9.80 Å². The molecule has 5 aliphatic rings. The van der Waals surface area contributed by atoms with Gasteiger partial charge in [0.25, 0.3) is 0 Å². The van der Waals surface area contributed by atoms with Crippen molar-refractivity contribution in [3.8, 4) is 29.1 Å². The molecular formula is C30H33AcN3O6S. The van der Waals surface area contributed by atoms with Crippen molar-refractivity contribution in [2.24, 2.45) is 5.92 Å². The number of benzene rings is 2. The summed E-state index contributed by atoms with van der Waals surface area (Å²) in [6.07, 6.45) is 0.615. The van der Waals surface area contributed by atoms with E-state index in [9.17, 15) is 20.3 Å². The monoisotopic (exact) mass is 790 g/mol. The molecule has 11 heteroatoms. The van der Waals surface area contributed by atoms with Gasteiger partial charge in [-0.3, -0.25) is 14.6 Å². The average Bonchev–Trinajstić information content (AvgIpc) is 3.42. The third kappa shape index (κ3) is 4.00. The van der Waals surface area contributed by atoms with E-state index in [-0.39, 0.29) is 98.5 Å². The molecule has 0 spiro atoms. The molecule has 9 nitrogen and oxygen atoms in total. The van der Waals surface area contributed by atoms with E-state index in [2.05, 4.69) is 21.9 Å². The van der Waals surface area contributed by atoms with Gasteiger partial charge in [0.15, 0.2) is 11.5 Å². The van der Waals surface area contributed by atoms with Crippen molar-refractivity contribution >= 4 is 17.7 Å². The summed E-state index contributed by atoms with van der Waals surface area (Å²) in [5.74, 6) is 1.37. The first kappa shape index (κ1) is 29.4. The number of fused-ring (bicyclic) bond motifs is 9. The fraction of sp³-hybridized carbons (Fsp3) is 0.533. The topological polar surface area (TPSA) is 115 Å². The van der Waals surface area contributed by atoms with Crippen LogP contribution >= 0.6 is 11.8 Å². The number of hydrogen-bond donors (Lipinski definition) is 2. The Hall–Kier alpha value is -1.69. The largest absolute Gasteiger partial charge is 0.507 e. The number of nitrogens with zero attached hydrogens (tertiary/aromatic N) is 3. The van der Waals surface area contributed by atoms with Crippen molar-refractivity contribution in [2.45, 2.75) is 69.6 Å². The van der Waals surface area contributed by atoms with Gasteiger partial charge in [0.2, 0.25) is 6.79 Å². The van der Waals surface area contributed by atoms with Crippen LogP contribution in [0.2, 0.25) is 0 Å². The fourth-order valence-corrected chi connectivity index (χ4v) is 9.19. The Morgan fingerprint density at radius 1 is 1.05 bits per heavy atom. The number of phenolic OH excluding ortho intramolecular Hbond substituents is 2. The quantitative estimate of drug-likeness (QED) is 0.381. The maximum atomic E-state index is 12.9. The predicted molar refractivity (Wildman–Crippen MR) is 148 cm³/mol. The molecule has 0 aromatic heterocycles. The summed E-state index contributed by atoms with van der Waals surface area (Å²) >= 11 is 1.60. The Morgan fingerprint density at radius 2 is 1.76 bits per heavy atom. The van der Waals surface area contributed by atoms with E-state index in [1.807, 2.05) is 34.7 Å². The van der Waals surface area contributed by atoms with Gasteiger partial charge >= 0.3 is 5.97 Å². The summed E-state index contributed by atoms with van der Waals surface area (Å²) < 4.78 is 17.7. The summed E-state index contributed by atoms with van der Waals surface area (Å²) in [6.45, 7) is 7.70. The number of esters is 1. The summed E-state index contributed by atoms with van der Waals surface area (Å²) in [7, 11) is 2.04. The molecule has 7 rings (SSSR count). The van der Waals surface area contributed by atoms with Crippen LogP contribution in [0.3, 0.4) is 0 Å². The first-order chi connectivity index (χ1) is 19.1. The van der Waals surface area contributed by atoms with Gasteiger partial charge in [-0.15, -0.1) is 0 Å². The molecule has 2 unspecified atom stereocenters. The van der Waals surface area contributed by atoms with Gasteiger partial charge < -0.3 is 24.4 Å². The molecule has 2 saturated heterocycles. The normalized spacial score (nSPS) is 31.7. The second-order valence-electron chi connectivity index (χ2n) is 11.8. The molecule has 5 heterocycles. The standard InChI is InChI=1S/C30H33N3O6S.Ac/c1-12-6-16-7-17-18(8-31)33-19-9-37-30(36)13(2)10-40-29(24(33)23(32(17)5)20(16)25(34)14(12)3)22-21(19)28-27(38-11-39-28)15(4)26(22)35;/h6,13,17-19,23-24,29,34-35H,7,9-11H2,1-5H3;/t13?,17-,18-,19+,23-,24?,29+;/m0./s1. The second-order valence-corrected chi connectivity index (χ2v) is 13.0. The zero-order chi connectivity index (χ0) is 28.2. The number of nitriles is 1. The van der Waals surface area contributed by atoms with Gasteiger partial charge in [0.1, 0.15) is 24.1 Å². The molecule has 41 heavy (non-hydrogen) atoms. The zero-order valence-electron chi connectivity index (χ0n) is 23.8. The first-order valence-corrected chi connectivity index (χ1v) is 14.8. The molecule has 1 radical (unpaired) electrons. The molecule has 0 amide bonds. The average molecular weight is 791 g/mol. The number of carbonyl (C=O) groups is 1. The number of phenols is 2. The minimum atomic E-state index is -0.536. The molecule has 2 fully saturated rings. The third-order valence-corrected chi connectivity index (χ3v) is 11.4. The molecule has 2 aromatic rings. The minimum absolute atomic E-state index is 0. The number of aryl methyl sites for hydroxylation is 1. The van der Waals surface area contributed by atoms with E-state index in [1.54, 1.807) is 11.8 Å².